The van der Waals surface area contributed by atoms with E-state index in [2.05, 4.69) is 55.3 Å². The van der Waals surface area contributed by atoms with Gasteiger partial charge in [-0.05, 0) is 24.9 Å². The van der Waals surface area contributed by atoms with Gasteiger partial charge in [0.05, 0.1) is 5.92 Å². The van der Waals surface area contributed by atoms with Crippen molar-refractivity contribution in [3.8, 4) is 0 Å². The Morgan fingerprint density at radius 3 is 2.74 bits per heavy atom. The summed E-state index contributed by atoms with van der Waals surface area (Å²) >= 11 is 1.90. The molecule has 128 valence electrons. The Kier molecular flexibility index (Phi) is 6.97. The third kappa shape index (κ3) is 6.96. The molecule has 1 aliphatic rings. The summed E-state index contributed by atoms with van der Waals surface area (Å²) in [6, 6.07) is 10.5. The number of benzene rings is 1. The summed E-state index contributed by atoms with van der Waals surface area (Å²) in [5, 5.41) is 3.12. The van der Waals surface area contributed by atoms with Gasteiger partial charge in [0, 0.05) is 30.1 Å². The summed E-state index contributed by atoms with van der Waals surface area (Å²) in [4.78, 5) is 14.8. The molecule has 1 N–H and O–H groups in total. The zero-order valence-electron chi connectivity index (χ0n) is 14.7. The Hall–Kier alpha value is -1.00. The summed E-state index contributed by atoms with van der Waals surface area (Å²) in [6.07, 6.45) is 2.13. The number of likely N-dealkylation sites (tertiary alicyclic amines) is 1. The number of carbonyl (C=O) groups excluding carboxylic acids is 1. The zero-order valence-corrected chi connectivity index (χ0v) is 15.5. The van der Waals surface area contributed by atoms with Gasteiger partial charge in [-0.2, -0.15) is 11.8 Å². The zero-order chi connectivity index (χ0) is 16.7. The van der Waals surface area contributed by atoms with Crippen LogP contribution in [0.4, 0.5) is 0 Å². The van der Waals surface area contributed by atoms with Crippen LogP contribution < -0.4 is 5.32 Å². The van der Waals surface area contributed by atoms with Crippen molar-refractivity contribution in [2.45, 2.75) is 44.9 Å². The molecule has 2 rings (SSSR count). The lowest BCUT2D eigenvalue weighted by atomic mass is 9.96. The van der Waals surface area contributed by atoms with E-state index in [9.17, 15) is 4.79 Å². The highest BCUT2D eigenvalue weighted by Crippen LogP contribution is 2.22. The lowest BCUT2D eigenvalue weighted by molar-refractivity contribution is -0.126. The molecule has 1 atom stereocenters. The molecule has 23 heavy (non-hydrogen) atoms. The third-order valence-electron chi connectivity index (χ3n) is 4.06. The van der Waals surface area contributed by atoms with E-state index in [1.54, 1.807) is 0 Å². The number of nitrogens with one attached hydrogen (secondary N) is 1. The lowest BCUT2D eigenvalue weighted by Crippen LogP contribution is -2.43. The maximum atomic E-state index is 12.4. The normalized spacial score (nSPS) is 19.5. The Morgan fingerprint density at radius 2 is 2.04 bits per heavy atom. The fraction of sp³-hybridized carbons (Fsp3) is 0.632. The van der Waals surface area contributed by atoms with Gasteiger partial charge in [0.25, 0.3) is 0 Å². The Morgan fingerprint density at radius 1 is 1.30 bits per heavy atom. The van der Waals surface area contributed by atoms with Crippen LogP contribution in [0, 0.1) is 5.92 Å². The number of carbonyl (C=O) groups is 1. The molecule has 0 spiro atoms. The van der Waals surface area contributed by atoms with Gasteiger partial charge in [-0.3, -0.25) is 9.69 Å². The van der Waals surface area contributed by atoms with E-state index >= 15 is 0 Å². The number of hydrogen-bond donors (Lipinski definition) is 1. The smallest absolute Gasteiger partial charge is 0.224 e. The minimum atomic E-state index is 0.145. The van der Waals surface area contributed by atoms with Crippen LogP contribution in [0.25, 0.3) is 0 Å². The molecule has 0 aromatic heterocycles. The highest BCUT2D eigenvalue weighted by atomic mass is 32.2. The van der Waals surface area contributed by atoms with E-state index in [4.69, 9.17) is 0 Å². The highest BCUT2D eigenvalue weighted by molar-refractivity contribution is 8.00. The standard InChI is InChI=1S/C19H30N2OS/c1-19(2,3)23-13-11-20-18(22)17-10-7-12-21(15-17)14-16-8-5-4-6-9-16/h4-6,8-9,17H,7,10-15H2,1-3H3,(H,20,22). The van der Waals surface area contributed by atoms with Gasteiger partial charge in [-0.25, -0.2) is 0 Å². The number of nitrogens with zero attached hydrogens (tertiary/aromatic N) is 1. The first-order valence-corrected chi connectivity index (χ1v) is 9.60. The van der Waals surface area contributed by atoms with Gasteiger partial charge < -0.3 is 5.32 Å². The van der Waals surface area contributed by atoms with Gasteiger partial charge in [-0.15, -0.1) is 0 Å². The molecule has 0 bridgehead atoms. The average Bonchev–Trinajstić information content (AvgIpc) is 2.52. The number of rotatable bonds is 6. The molecular weight excluding hydrogens is 304 g/mol. The fourth-order valence-electron chi connectivity index (χ4n) is 2.93. The SMILES string of the molecule is CC(C)(C)SCCNC(=O)C1CCCN(Cc2ccccc2)C1. The van der Waals surface area contributed by atoms with Gasteiger partial charge in [-0.1, -0.05) is 51.1 Å². The van der Waals surface area contributed by atoms with Crippen LogP contribution in [-0.2, 0) is 11.3 Å². The van der Waals surface area contributed by atoms with E-state index in [1.807, 2.05) is 17.8 Å². The highest BCUT2D eigenvalue weighted by Gasteiger charge is 2.25. The number of piperidine rings is 1. The quantitative estimate of drug-likeness (QED) is 0.808. The van der Waals surface area contributed by atoms with E-state index in [0.29, 0.717) is 0 Å². The van der Waals surface area contributed by atoms with Crippen LogP contribution in [0.5, 0.6) is 0 Å². The minimum absolute atomic E-state index is 0.145. The Balaban J connectivity index is 1.73. The molecular formula is C19H30N2OS. The van der Waals surface area contributed by atoms with Gasteiger partial charge in [0.1, 0.15) is 0 Å². The maximum absolute atomic E-state index is 12.4. The van der Waals surface area contributed by atoms with Crippen LogP contribution in [0.15, 0.2) is 30.3 Å². The van der Waals surface area contributed by atoms with Crippen molar-refractivity contribution in [3.05, 3.63) is 35.9 Å². The first-order valence-electron chi connectivity index (χ1n) is 8.62. The van der Waals surface area contributed by atoms with Gasteiger partial charge in [0.15, 0.2) is 0 Å². The van der Waals surface area contributed by atoms with Crippen molar-refractivity contribution in [2.75, 3.05) is 25.4 Å². The van der Waals surface area contributed by atoms with Crippen molar-refractivity contribution in [1.29, 1.82) is 0 Å². The molecule has 3 nitrogen and oxygen atoms in total. The van der Waals surface area contributed by atoms with E-state index in [-0.39, 0.29) is 16.6 Å². The number of hydrogen-bond acceptors (Lipinski definition) is 3. The molecule has 1 aromatic carbocycles. The van der Waals surface area contributed by atoms with Crippen LogP contribution >= 0.6 is 11.8 Å². The van der Waals surface area contributed by atoms with Gasteiger partial charge in [0.2, 0.25) is 5.91 Å². The second-order valence-electron chi connectivity index (χ2n) is 7.31. The van der Waals surface area contributed by atoms with Crippen LogP contribution in [-0.4, -0.2) is 40.9 Å². The monoisotopic (exact) mass is 334 g/mol. The summed E-state index contributed by atoms with van der Waals surface area (Å²) in [5.41, 5.74) is 1.33. The van der Waals surface area contributed by atoms with Crippen LogP contribution in [0.1, 0.15) is 39.2 Å². The summed E-state index contributed by atoms with van der Waals surface area (Å²) in [6.45, 7) is 10.3. The molecule has 1 amide bonds. The minimum Gasteiger partial charge on any atom is -0.355 e. The van der Waals surface area contributed by atoms with E-state index in [0.717, 1.165) is 44.8 Å². The average molecular weight is 335 g/mol. The Labute approximate surface area is 145 Å². The van der Waals surface area contributed by atoms with Crippen molar-refractivity contribution >= 4 is 17.7 Å². The molecule has 1 aliphatic heterocycles. The van der Waals surface area contributed by atoms with Crippen molar-refractivity contribution in [2.24, 2.45) is 5.92 Å². The molecule has 1 fully saturated rings. The lowest BCUT2D eigenvalue weighted by Gasteiger charge is -2.32. The first-order chi connectivity index (χ1) is 10.9. The fourth-order valence-corrected chi connectivity index (χ4v) is 3.75. The predicted octanol–water partition coefficient (Wildman–Crippen LogP) is 3.55. The van der Waals surface area contributed by atoms with E-state index < -0.39 is 0 Å². The van der Waals surface area contributed by atoms with Crippen LogP contribution in [0.2, 0.25) is 0 Å². The Bertz CT molecular complexity index is 484. The maximum Gasteiger partial charge on any atom is 0.224 e. The van der Waals surface area contributed by atoms with Crippen LogP contribution in [0.3, 0.4) is 0 Å². The number of amides is 1. The van der Waals surface area contributed by atoms with Crippen molar-refractivity contribution < 1.29 is 4.79 Å². The third-order valence-corrected chi connectivity index (χ3v) is 5.34. The number of thioether (sulfide) groups is 1. The molecule has 0 radical (unpaired) electrons. The molecule has 1 unspecified atom stereocenters. The second-order valence-corrected chi connectivity index (χ2v) is 9.23. The predicted molar refractivity (Wildman–Crippen MR) is 99.7 cm³/mol. The van der Waals surface area contributed by atoms with E-state index in [1.165, 1.54) is 5.56 Å². The first kappa shape index (κ1) is 18.3. The van der Waals surface area contributed by atoms with Crippen molar-refractivity contribution in [3.63, 3.8) is 0 Å². The topological polar surface area (TPSA) is 32.3 Å². The molecule has 1 heterocycles. The second kappa shape index (κ2) is 8.74. The molecule has 4 heteroatoms. The summed E-state index contributed by atoms with van der Waals surface area (Å²) < 4.78 is 0.266. The summed E-state index contributed by atoms with van der Waals surface area (Å²) in [5.74, 6) is 1.36. The summed E-state index contributed by atoms with van der Waals surface area (Å²) in [7, 11) is 0. The molecule has 0 aliphatic carbocycles. The molecule has 1 aromatic rings. The molecule has 1 saturated heterocycles. The molecule has 0 saturated carbocycles. The van der Waals surface area contributed by atoms with Gasteiger partial charge >= 0.3 is 0 Å². The van der Waals surface area contributed by atoms with Crippen molar-refractivity contribution in [1.82, 2.24) is 10.2 Å². The largest absolute Gasteiger partial charge is 0.355 e.